The van der Waals surface area contributed by atoms with Crippen molar-refractivity contribution in [3.8, 4) is 5.88 Å². The summed E-state index contributed by atoms with van der Waals surface area (Å²) in [4.78, 5) is 20.6. The summed E-state index contributed by atoms with van der Waals surface area (Å²) in [5.74, 6) is 0.0170. The topological polar surface area (TPSA) is 64.1 Å². The summed E-state index contributed by atoms with van der Waals surface area (Å²) < 4.78 is 5.69. The summed E-state index contributed by atoms with van der Waals surface area (Å²) in [6.45, 7) is 1.64. The molecule has 3 aromatic rings. The number of fused-ring (bicyclic) bond motifs is 1. The van der Waals surface area contributed by atoms with Crippen molar-refractivity contribution in [1.29, 1.82) is 0 Å². The van der Waals surface area contributed by atoms with E-state index in [9.17, 15) is 4.79 Å². The van der Waals surface area contributed by atoms with Gasteiger partial charge in [0.2, 0.25) is 5.88 Å². The van der Waals surface area contributed by atoms with E-state index < -0.39 is 6.10 Å². The highest BCUT2D eigenvalue weighted by molar-refractivity contribution is 6.35. The minimum Gasteiger partial charge on any atom is -0.464 e. The Kier molecular flexibility index (Phi) is 4.83. The van der Waals surface area contributed by atoms with E-state index >= 15 is 0 Å². The molecule has 1 aromatic heterocycles. The van der Waals surface area contributed by atoms with Crippen LogP contribution in [0.5, 0.6) is 5.88 Å². The van der Waals surface area contributed by atoms with Crippen LogP contribution >= 0.6 is 23.2 Å². The van der Waals surface area contributed by atoms with E-state index in [1.807, 2.05) is 24.3 Å². The largest absolute Gasteiger partial charge is 0.464 e. The molecule has 122 valence electrons. The molecule has 0 radical (unpaired) electrons. The second kappa shape index (κ2) is 7.03. The van der Waals surface area contributed by atoms with Crippen LogP contribution < -0.4 is 10.1 Å². The predicted molar refractivity (Wildman–Crippen MR) is 94.7 cm³/mol. The van der Waals surface area contributed by atoms with Gasteiger partial charge in [-0.2, -0.15) is 0 Å². The van der Waals surface area contributed by atoms with Gasteiger partial charge < -0.3 is 10.1 Å². The van der Waals surface area contributed by atoms with E-state index in [0.29, 0.717) is 21.6 Å². The summed E-state index contributed by atoms with van der Waals surface area (Å²) in [7, 11) is 0. The van der Waals surface area contributed by atoms with E-state index in [1.165, 1.54) is 6.33 Å². The maximum atomic E-state index is 12.3. The Morgan fingerprint density at radius 3 is 2.58 bits per heavy atom. The maximum absolute atomic E-state index is 12.3. The lowest BCUT2D eigenvalue weighted by Gasteiger charge is -2.15. The fourth-order valence-corrected chi connectivity index (χ4v) is 2.69. The number of para-hydroxylation sites is 1. The molecule has 7 heteroatoms. The van der Waals surface area contributed by atoms with Gasteiger partial charge in [-0.1, -0.05) is 35.3 Å². The Hall–Kier alpha value is -2.37. The van der Waals surface area contributed by atoms with Crippen LogP contribution in [0, 0.1) is 0 Å². The first-order valence-electron chi connectivity index (χ1n) is 7.16. The molecule has 0 bridgehead atoms. The van der Waals surface area contributed by atoms with E-state index in [1.54, 1.807) is 25.1 Å². The molecule has 0 unspecified atom stereocenters. The van der Waals surface area contributed by atoms with Gasteiger partial charge in [0.15, 0.2) is 6.10 Å². The Morgan fingerprint density at radius 2 is 1.83 bits per heavy atom. The van der Waals surface area contributed by atoms with Crippen LogP contribution in [-0.4, -0.2) is 22.0 Å². The van der Waals surface area contributed by atoms with Gasteiger partial charge in [-0.25, -0.2) is 9.97 Å². The number of benzene rings is 2. The van der Waals surface area contributed by atoms with Crippen molar-refractivity contribution < 1.29 is 9.53 Å². The highest BCUT2D eigenvalue weighted by Crippen LogP contribution is 2.24. The molecule has 3 rings (SSSR count). The Labute approximate surface area is 148 Å². The van der Waals surface area contributed by atoms with E-state index in [-0.39, 0.29) is 5.91 Å². The van der Waals surface area contributed by atoms with Crippen molar-refractivity contribution in [2.75, 3.05) is 5.32 Å². The monoisotopic (exact) mass is 361 g/mol. The number of anilines is 1. The second-order valence-corrected chi connectivity index (χ2v) is 5.98. The van der Waals surface area contributed by atoms with Gasteiger partial charge in [0.05, 0.1) is 10.9 Å². The van der Waals surface area contributed by atoms with Gasteiger partial charge >= 0.3 is 0 Å². The maximum Gasteiger partial charge on any atom is 0.265 e. The molecule has 2 aromatic carbocycles. The standard InChI is InChI=1S/C17H13Cl2N3O2/c1-10(16(23)22-13-7-11(18)6-12(19)8-13)24-17-14-4-2-3-5-15(14)20-9-21-17/h2-10H,1H3,(H,22,23)/t10-/m1/s1. The SMILES string of the molecule is C[C@@H](Oc1ncnc2ccccc12)C(=O)Nc1cc(Cl)cc(Cl)c1. The molecular weight excluding hydrogens is 349 g/mol. The van der Waals surface area contributed by atoms with Crippen LogP contribution in [0.2, 0.25) is 10.0 Å². The Bertz CT molecular complexity index is 876. The fourth-order valence-electron chi connectivity index (χ4n) is 2.16. The summed E-state index contributed by atoms with van der Waals surface area (Å²) in [6.07, 6.45) is 0.639. The molecule has 1 heterocycles. The number of carbonyl (C=O) groups is 1. The first-order valence-corrected chi connectivity index (χ1v) is 7.92. The molecule has 0 saturated carbocycles. The van der Waals surface area contributed by atoms with Crippen LogP contribution in [0.15, 0.2) is 48.8 Å². The molecule has 0 fully saturated rings. The summed E-state index contributed by atoms with van der Waals surface area (Å²) in [5, 5.41) is 4.33. The lowest BCUT2D eigenvalue weighted by atomic mass is 10.2. The van der Waals surface area contributed by atoms with Crippen LogP contribution in [0.3, 0.4) is 0 Å². The summed E-state index contributed by atoms with van der Waals surface area (Å²) >= 11 is 11.8. The molecule has 1 atom stereocenters. The minimum atomic E-state index is -0.763. The van der Waals surface area contributed by atoms with Gasteiger partial charge in [0.25, 0.3) is 5.91 Å². The van der Waals surface area contributed by atoms with Gasteiger partial charge in [0, 0.05) is 15.7 Å². The molecule has 1 amide bonds. The molecule has 0 aliphatic heterocycles. The average molecular weight is 362 g/mol. The van der Waals surface area contributed by atoms with E-state index in [4.69, 9.17) is 27.9 Å². The van der Waals surface area contributed by atoms with Crippen LogP contribution in [0.4, 0.5) is 5.69 Å². The number of hydrogen-bond acceptors (Lipinski definition) is 4. The molecule has 0 aliphatic rings. The van der Waals surface area contributed by atoms with Crippen LogP contribution in [-0.2, 0) is 4.79 Å². The Balaban J connectivity index is 1.76. The molecular formula is C17H13Cl2N3O2. The number of aromatic nitrogens is 2. The number of ether oxygens (including phenoxy) is 1. The van der Waals surface area contributed by atoms with Gasteiger partial charge in [-0.05, 0) is 37.3 Å². The zero-order chi connectivity index (χ0) is 17.1. The number of hydrogen-bond donors (Lipinski definition) is 1. The molecule has 5 nitrogen and oxygen atoms in total. The lowest BCUT2D eigenvalue weighted by molar-refractivity contribution is -0.122. The summed E-state index contributed by atoms with van der Waals surface area (Å²) in [6, 6.07) is 12.2. The predicted octanol–water partition coefficient (Wildman–Crippen LogP) is 4.34. The normalized spacial score (nSPS) is 12.0. The van der Waals surface area contributed by atoms with Crippen molar-refractivity contribution in [3.05, 3.63) is 58.8 Å². The fraction of sp³-hybridized carbons (Fsp3) is 0.118. The minimum absolute atomic E-state index is 0.337. The third-order valence-electron chi connectivity index (χ3n) is 3.29. The van der Waals surface area contributed by atoms with Crippen molar-refractivity contribution in [1.82, 2.24) is 9.97 Å². The number of rotatable bonds is 4. The molecule has 1 N–H and O–H groups in total. The van der Waals surface area contributed by atoms with Gasteiger partial charge in [-0.15, -0.1) is 0 Å². The molecule has 24 heavy (non-hydrogen) atoms. The lowest BCUT2D eigenvalue weighted by Crippen LogP contribution is -2.30. The van der Waals surface area contributed by atoms with Crippen molar-refractivity contribution in [2.24, 2.45) is 0 Å². The number of carbonyl (C=O) groups excluding carboxylic acids is 1. The van der Waals surface area contributed by atoms with Crippen molar-refractivity contribution in [2.45, 2.75) is 13.0 Å². The van der Waals surface area contributed by atoms with Gasteiger partial charge in [0.1, 0.15) is 6.33 Å². The third-order valence-corrected chi connectivity index (χ3v) is 3.73. The summed E-state index contributed by atoms with van der Waals surface area (Å²) in [5.41, 5.74) is 1.25. The number of nitrogens with zero attached hydrogens (tertiary/aromatic N) is 2. The second-order valence-electron chi connectivity index (χ2n) is 5.10. The quantitative estimate of drug-likeness (QED) is 0.750. The zero-order valence-electron chi connectivity index (χ0n) is 12.7. The molecule has 0 saturated heterocycles. The average Bonchev–Trinajstić information content (AvgIpc) is 2.54. The van der Waals surface area contributed by atoms with E-state index in [0.717, 1.165) is 10.9 Å². The molecule has 0 spiro atoms. The highest BCUT2D eigenvalue weighted by atomic mass is 35.5. The highest BCUT2D eigenvalue weighted by Gasteiger charge is 2.17. The van der Waals surface area contributed by atoms with E-state index in [2.05, 4.69) is 15.3 Å². The van der Waals surface area contributed by atoms with Crippen LogP contribution in [0.25, 0.3) is 10.9 Å². The van der Waals surface area contributed by atoms with Crippen LogP contribution in [0.1, 0.15) is 6.92 Å². The smallest absolute Gasteiger partial charge is 0.265 e. The first kappa shape index (κ1) is 16.5. The van der Waals surface area contributed by atoms with Gasteiger partial charge in [-0.3, -0.25) is 4.79 Å². The first-order chi connectivity index (χ1) is 11.5. The van der Waals surface area contributed by atoms with Crippen molar-refractivity contribution in [3.63, 3.8) is 0 Å². The number of nitrogens with one attached hydrogen (secondary N) is 1. The molecule has 0 aliphatic carbocycles. The number of amides is 1. The zero-order valence-corrected chi connectivity index (χ0v) is 14.2. The van der Waals surface area contributed by atoms with Crippen molar-refractivity contribution >= 4 is 45.7 Å². The Morgan fingerprint density at radius 1 is 1.12 bits per heavy atom. The third kappa shape index (κ3) is 3.75. The number of halogens is 2.